The first kappa shape index (κ1) is 19.6. The van der Waals surface area contributed by atoms with Crippen molar-refractivity contribution >= 4 is 23.2 Å². The maximum atomic E-state index is 13.2. The van der Waals surface area contributed by atoms with Gasteiger partial charge in [0.05, 0.1) is 18.8 Å². The van der Waals surface area contributed by atoms with E-state index in [1.807, 2.05) is 20.5 Å². The van der Waals surface area contributed by atoms with Gasteiger partial charge in [0.1, 0.15) is 0 Å². The molecule has 0 aromatic carbocycles. The fourth-order valence-corrected chi connectivity index (χ4v) is 4.32. The highest BCUT2D eigenvalue weighted by molar-refractivity contribution is 7.10. The maximum absolute atomic E-state index is 13.2. The van der Waals surface area contributed by atoms with Gasteiger partial charge in [-0.3, -0.25) is 14.3 Å². The van der Waals surface area contributed by atoms with E-state index >= 15 is 0 Å². The van der Waals surface area contributed by atoms with E-state index in [2.05, 4.69) is 37.3 Å². The fraction of sp³-hybridized carbons (Fsp3) is 0.550. The maximum Gasteiger partial charge on any atom is 0.274 e. The summed E-state index contributed by atoms with van der Waals surface area (Å²) in [6.07, 6.45) is 0.853. The van der Waals surface area contributed by atoms with Gasteiger partial charge < -0.3 is 9.80 Å². The van der Waals surface area contributed by atoms with Gasteiger partial charge in [0, 0.05) is 31.4 Å². The topological polar surface area (TPSA) is 58.4 Å². The second kappa shape index (κ2) is 8.25. The molecule has 1 aliphatic heterocycles. The number of nitrogens with zero attached hydrogens (tertiary/aromatic N) is 4. The van der Waals surface area contributed by atoms with Crippen LogP contribution in [0.1, 0.15) is 53.8 Å². The standard InChI is InChI=1S/C20H28N4O2S/c1-14(2)11-23(13-19-15(3)6-9-27-19)20(26)18-10-17-12-22(16(4)25)7-5-8-24(17)21-18/h6,9-10,14H,5,7-8,11-13H2,1-4H3. The summed E-state index contributed by atoms with van der Waals surface area (Å²) in [6, 6.07) is 3.95. The monoisotopic (exact) mass is 388 g/mol. The van der Waals surface area contributed by atoms with Crippen LogP contribution in [0.15, 0.2) is 17.5 Å². The molecule has 2 amide bonds. The van der Waals surface area contributed by atoms with Crippen molar-refractivity contribution in [1.82, 2.24) is 19.6 Å². The summed E-state index contributed by atoms with van der Waals surface area (Å²) >= 11 is 1.69. The Hall–Kier alpha value is -2.15. The van der Waals surface area contributed by atoms with Crippen LogP contribution in [-0.4, -0.2) is 44.5 Å². The third-order valence-electron chi connectivity index (χ3n) is 4.85. The van der Waals surface area contributed by atoms with Crippen LogP contribution in [0.3, 0.4) is 0 Å². The van der Waals surface area contributed by atoms with Crippen LogP contribution in [0, 0.1) is 12.8 Å². The van der Waals surface area contributed by atoms with Gasteiger partial charge in [0.15, 0.2) is 5.69 Å². The normalized spacial score (nSPS) is 14.2. The van der Waals surface area contributed by atoms with E-state index in [-0.39, 0.29) is 11.8 Å². The number of hydrogen-bond donors (Lipinski definition) is 0. The third-order valence-corrected chi connectivity index (χ3v) is 5.86. The molecular weight excluding hydrogens is 360 g/mol. The second-order valence-electron chi connectivity index (χ2n) is 7.64. The van der Waals surface area contributed by atoms with Gasteiger partial charge in [-0.25, -0.2) is 0 Å². The molecule has 0 spiro atoms. The number of thiophene rings is 1. The average Bonchev–Trinajstić information content (AvgIpc) is 3.13. The van der Waals surface area contributed by atoms with Crippen molar-refractivity contribution in [2.24, 2.45) is 5.92 Å². The molecule has 0 atom stereocenters. The molecule has 0 aliphatic carbocycles. The molecule has 0 saturated carbocycles. The minimum Gasteiger partial charge on any atom is -0.337 e. The average molecular weight is 389 g/mol. The van der Waals surface area contributed by atoms with Crippen molar-refractivity contribution in [3.8, 4) is 0 Å². The van der Waals surface area contributed by atoms with Crippen molar-refractivity contribution in [3.05, 3.63) is 39.3 Å². The van der Waals surface area contributed by atoms with Crippen LogP contribution in [-0.2, 0) is 24.4 Å². The van der Waals surface area contributed by atoms with Crippen LogP contribution in [0.4, 0.5) is 0 Å². The number of amides is 2. The number of aryl methyl sites for hydroxylation is 2. The van der Waals surface area contributed by atoms with E-state index in [9.17, 15) is 9.59 Å². The van der Waals surface area contributed by atoms with E-state index in [0.717, 1.165) is 25.2 Å². The number of rotatable bonds is 5. The smallest absolute Gasteiger partial charge is 0.274 e. The molecular formula is C20H28N4O2S. The van der Waals surface area contributed by atoms with Gasteiger partial charge in [-0.05, 0) is 42.3 Å². The van der Waals surface area contributed by atoms with Gasteiger partial charge >= 0.3 is 0 Å². The van der Waals surface area contributed by atoms with Gasteiger partial charge in [0.25, 0.3) is 5.91 Å². The van der Waals surface area contributed by atoms with E-state index in [0.29, 0.717) is 31.2 Å². The summed E-state index contributed by atoms with van der Waals surface area (Å²) < 4.78 is 1.89. The zero-order valence-electron chi connectivity index (χ0n) is 16.6. The first-order chi connectivity index (χ1) is 12.8. The number of fused-ring (bicyclic) bond motifs is 1. The molecule has 3 heterocycles. The van der Waals surface area contributed by atoms with Crippen molar-refractivity contribution in [3.63, 3.8) is 0 Å². The predicted molar refractivity (Wildman–Crippen MR) is 107 cm³/mol. The Morgan fingerprint density at radius 2 is 2.11 bits per heavy atom. The Kier molecular flexibility index (Phi) is 5.99. The number of hydrogen-bond acceptors (Lipinski definition) is 4. The molecule has 0 bridgehead atoms. The third kappa shape index (κ3) is 4.58. The Morgan fingerprint density at radius 1 is 1.33 bits per heavy atom. The lowest BCUT2D eigenvalue weighted by atomic mass is 10.2. The summed E-state index contributed by atoms with van der Waals surface area (Å²) in [4.78, 5) is 29.9. The molecule has 3 rings (SSSR count). The summed E-state index contributed by atoms with van der Waals surface area (Å²) in [7, 11) is 0. The first-order valence-electron chi connectivity index (χ1n) is 9.49. The lowest BCUT2D eigenvalue weighted by Gasteiger charge is -2.23. The predicted octanol–water partition coefficient (Wildman–Crippen LogP) is 3.30. The number of aromatic nitrogens is 2. The zero-order valence-corrected chi connectivity index (χ0v) is 17.4. The molecule has 0 radical (unpaired) electrons. The van der Waals surface area contributed by atoms with Crippen LogP contribution < -0.4 is 0 Å². The molecule has 7 heteroatoms. The highest BCUT2D eigenvalue weighted by atomic mass is 32.1. The zero-order chi connectivity index (χ0) is 19.6. The molecule has 0 unspecified atom stereocenters. The highest BCUT2D eigenvalue weighted by Crippen LogP contribution is 2.21. The van der Waals surface area contributed by atoms with Gasteiger partial charge in [-0.1, -0.05) is 13.8 Å². The van der Waals surface area contributed by atoms with Crippen molar-refractivity contribution in [2.45, 2.75) is 53.8 Å². The Morgan fingerprint density at radius 3 is 2.74 bits per heavy atom. The summed E-state index contributed by atoms with van der Waals surface area (Å²) in [5, 5.41) is 6.64. The molecule has 2 aromatic rings. The highest BCUT2D eigenvalue weighted by Gasteiger charge is 2.24. The molecule has 0 N–H and O–H groups in total. The van der Waals surface area contributed by atoms with E-state index in [1.54, 1.807) is 18.3 Å². The number of carbonyl (C=O) groups is 2. The minimum atomic E-state index is -0.0357. The SMILES string of the molecule is CC(=O)N1CCCn2nc(C(=O)N(Cc3sccc3C)CC(C)C)cc2C1. The first-order valence-corrected chi connectivity index (χ1v) is 10.4. The van der Waals surface area contributed by atoms with Crippen molar-refractivity contribution in [1.29, 1.82) is 0 Å². The van der Waals surface area contributed by atoms with E-state index in [4.69, 9.17) is 0 Å². The molecule has 146 valence electrons. The molecule has 27 heavy (non-hydrogen) atoms. The van der Waals surface area contributed by atoms with Crippen LogP contribution in [0.2, 0.25) is 0 Å². The largest absolute Gasteiger partial charge is 0.337 e. The molecule has 0 saturated heterocycles. The molecule has 2 aromatic heterocycles. The Labute approximate surface area is 164 Å². The van der Waals surface area contributed by atoms with Gasteiger partial charge in [0.2, 0.25) is 5.91 Å². The lowest BCUT2D eigenvalue weighted by Crippen LogP contribution is -2.34. The molecule has 1 aliphatic rings. The quantitative estimate of drug-likeness (QED) is 0.790. The van der Waals surface area contributed by atoms with Gasteiger partial charge in [-0.15, -0.1) is 11.3 Å². The molecule has 6 nitrogen and oxygen atoms in total. The second-order valence-corrected chi connectivity index (χ2v) is 8.65. The van der Waals surface area contributed by atoms with Gasteiger partial charge in [-0.2, -0.15) is 5.10 Å². The van der Waals surface area contributed by atoms with Crippen LogP contribution in [0.5, 0.6) is 0 Å². The van der Waals surface area contributed by atoms with E-state index < -0.39 is 0 Å². The Bertz CT molecular complexity index is 824. The summed E-state index contributed by atoms with van der Waals surface area (Å²) in [5.74, 6) is 0.404. The lowest BCUT2D eigenvalue weighted by molar-refractivity contribution is -0.129. The summed E-state index contributed by atoms with van der Waals surface area (Å²) in [6.45, 7) is 11.2. The Balaban J connectivity index is 1.83. The van der Waals surface area contributed by atoms with E-state index in [1.165, 1.54) is 10.4 Å². The van der Waals surface area contributed by atoms with Crippen LogP contribution >= 0.6 is 11.3 Å². The minimum absolute atomic E-state index is 0.0357. The van der Waals surface area contributed by atoms with Crippen molar-refractivity contribution < 1.29 is 9.59 Å². The fourth-order valence-electron chi connectivity index (χ4n) is 3.40. The molecule has 0 fully saturated rings. The summed E-state index contributed by atoms with van der Waals surface area (Å²) in [5.41, 5.74) is 2.63. The van der Waals surface area contributed by atoms with Crippen molar-refractivity contribution in [2.75, 3.05) is 13.1 Å². The number of carbonyl (C=O) groups excluding carboxylic acids is 2. The van der Waals surface area contributed by atoms with Crippen LogP contribution in [0.25, 0.3) is 0 Å².